The van der Waals surface area contributed by atoms with Gasteiger partial charge in [0.25, 0.3) is 5.69 Å². The third-order valence-corrected chi connectivity index (χ3v) is 2.22. The van der Waals surface area contributed by atoms with Crippen LogP contribution >= 0.6 is 0 Å². The van der Waals surface area contributed by atoms with Crippen LogP contribution in [-0.2, 0) is 0 Å². The van der Waals surface area contributed by atoms with E-state index in [-0.39, 0.29) is 11.4 Å². The highest BCUT2D eigenvalue weighted by Gasteiger charge is 2.18. The first-order chi connectivity index (χ1) is 9.45. The maximum Gasteiger partial charge on any atom is 0.301 e. The molecule has 1 aromatic rings. The van der Waals surface area contributed by atoms with Gasteiger partial charge in [0.05, 0.1) is 22.1 Å². The quantitative estimate of drug-likeness (QED) is 0.371. The van der Waals surface area contributed by atoms with Crippen LogP contribution in [-0.4, -0.2) is 16.1 Å². The van der Waals surface area contributed by atoms with Crippen molar-refractivity contribution in [1.29, 1.82) is 0 Å². The number of non-ortho nitro benzene ring substituents is 1. The van der Waals surface area contributed by atoms with E-state index in [1.807, 2.05) is 0 Å². The van der Waals surface area contributed by atoms with Crippen LogP contribution in [0.5, 0.6) is 0 Å². The third-order valence-electron chi connectivity index (χ3n) is 2.22. The summed E-state index contributed by atoms with van der Waals surface area (Å²) in [4.78, 5) is 20.0. The molecule has 0 spiro atoms. The molecule has 0 amide bonds. The number of anilines is 1. The van der Waals surface area contributed by atoms with E-state index in [9.17, 15) is 20.2 Å². The van der Waals surface area contributed by atoms with Gasteiger partial charge in [0, 0.05) is 6.07 Å². The number of hydrogen-bond donors (Lipinski definition) is 1. The molecule has 0 aliphatic rings. The van der Waals surface area contributed by atoms with E-state index in [1.165, 1.54) is 12.3 Å². The molecule has 0 unspecified atom stereocenters. The van der Waals surface area contributed by atoms with Gasteiger partial charge in [-0.1, -0.05) is 18.7 Å². The molecule has 0 bridgehead atoms. The molecule has 0 aromatic heterocycles. The maximum atomic E-state index is 10.9. The SMILES string of the molecule is C=C/C=C(C)/C=N\Nc1ccc([N+](=O)[O-])cc1[N+](=O)[O-]. The summed E-state index contributed by atoms with van der Waals surface area (Å²) in [6.07, 6.45) is 4.73. The second-order valence-corrected chi connectivity index (χ2v) is 3.73. The first kappa shape index (κ1) is 15.0. The van der Waals surface area contributed by atoms with E-state index in [0.717, 1.165) is 17.7 Å². The lowest BCUT2D eigenvalue weighted by molar-refractivity contribution is -0.393. The topological polar surface area (TPSA) is 111 Å². The molecule has 0 saturated carbocycles. The molecule has 1 N–H and O–H groups in total. The van der Waals surface area contributed by atoms with E-state index in [0.29, 0.717) is 0 Å². The van der Waals surface area contributed by atoms with Crippen LogP contribution in [0.2, 0.25) is 0 Å². The first-order valence-corrected chi connectivity index (χ1v) is 5.47. The lowest BCUT2D eigenvalue weighted by Crippen LogP contribution is -1.98. The summed E-state index contributed by atoms with van der Waals surface area (Å²) in [6.45, 7) is 5.29. The molecular formula is C12H12N4O4. The number of rotatable bonds is 6. The van der Waals surface area contributed by atoms with Crippen LogP contribution in [0.25, 0.3) is 0 Å². The van der Waals surface area contributed by atoms with Gasteiger partial charge in [-0.25, -0.2) is 0 Å². The van der Waals surface area contributed by atoms with Crippen LogP contribution in [0.4, 0.5) is 17.1 Å². The molecule has 0 atom stereocenters. The second kappa shape index (κ2) is 6.78. The van der Waals surface area contributed by atoms with Crippen molar-refractivity contribution in [2.24, 2.45) is 5.10 Å². The summed E-state index contributed by atoms with van der Waals surface area (Å²) in [5.74, 6) is 0. The molecule has 0 heterocycles. The predicted molar refractivity (Wildman–Crippen MR) is 75.8 cm³/mol. The zero-order chi connectivity index (χ0) is 15.1. The van der Waals surface area contributed by atoms with E-state index >= 15 is 0 Å². The molecule has 0 aliphatic carbocycles. The van der Waals surface area contributed by atoms with Crippen molar-refractivity contribution in [3.05, 3.63) is 62.7 Å². The molecule has 20 heavy (non-hydrogen) atoms. The molecule has 0 fully saturated rings. The summed E-state index contributed by atoms with van der Waals surface area (Å²) in [6, 6.07) is 3.28. The molecule has 1 rings (SSSR count). The average molecular weight is 276 g/mol. The lowest BCUT2D eigenvalue weighted by Gasteiger charge is -2.01. The Balaban J connectivity index is 3.01. The zero-order valence-corrected chi connectivity index (χ0v) is 10.6. The van der Waals surface area contributed by atoms with Crippen molar-refractivity contribution in [2.45, 2.75) is 6.92 Å². The van der Waals surface area contributed by atoms with Crippen molar-refractivity contribution >= 4 is 23.3 Å². The monoisotopic (exact) mass is 276 g/mol. The van der Waals surface area contributed by atoms with Crippen molar-refractivity contribution in [2.75, 3.05) is 5.43 Å². The van der Waals surface area contributed by atoms with Gasteiger partial charge in [-0.2, -0.15) is 5.10 Å². The number of nitro groups is 2. The normalized spacial score (nSPS) is 11.3. The van der Waals surface area contributed by atoms with Crippen molar-refractivity contribution < 1.29 is 9.85 Å². The molecule has 0 saturated heterocycles. The Morgan fingerprint density at radius 1 is 1.35 bits per heavy atom. The molecule has 0 radical (unpaired) electrons. The molecule has 0 aliphatic heterocycles. The van der Waals surface area contributed by atoms with Gasteiger partial charge >= 0.3 is 5.69 Å². The van der Waals surface area contributed by atoms with E-state index in [1.54, 1.807) is 19.1 Å². The Bertz CT molecular complexity index is 607. The third kappa shape index (κ3) is 4.02. The smallest absolute Gasteiger partial charge is 0.272 e. The second-order valence-electron chi connectivity index (χ2n) is 3.73. The molecule has 8 heteroatoms. The van der Waals surface area contributed by atoms with Crippen LogP contribution in [0.1, 0.15) is 6.92 Å². The molecule has 8 nitrogen and oxygen atoms in total. The highest BCUT2D eigenvalue weighted by Crippen LogP contribution is 2.28. The van der Waals surface area contributed by atoms with Crippen LogP contribution < -0.4 is 5.43 Å². The zero-order valence-electron chi connectivity index (χ0n) is 10.6. The van der Waals surface area contributed by atoms with Gasteiger partial charge in [0.2, 0.25) is 0 Å². The minimum absolute atomic E-state index is 0.0725. The number of nitrogens with zero attached hydrogens (tertiary/aromatic N) is 3. The molecule has 1 aromatic carbocycles. The number of allylic oxidation sites excluding steroid dienone is 3. The highest BCUT2D eigenvalue weighted by molar-refractivity contribution is 5.79. The number of nitro benzene ring substituents is 2. The van der Waals surface area contributed by atoms with Gasteiger partial charge in [-0.05, 0) is 18.6 Å². The number of hydrazone groups is 1. The number of nitrogens with one attached hydrogen (secondary N) is 1. The number of benzene rings is 1. The maximum absolute atomic E-state index is 10.9. The standard InChI is InChI=1S/C12H12N4O4/c1-3-4-9(2)8-13-14-11-6-5-10(15(17)18)7-12(11)16(19)20/h3-8,14H,1H2,2H3/b9-4+,13-8-. The molecule has 104 valence electrons. The van der Waals surface area contributed by atoms with Gasteiger partial charge in [0.15, 0.2) is 0 Å². The van der Waals surface area contributed by atoms with Gasteiger partial charge < -0.3 is 0 Å². The fraction of sp³-hybridized carbons (Fsp3) is 0.0833. The Hall–Kier alpha value is -3.03. The minimum Gasteiger partial charge on any atom is -0.272 e. The Morgan fingerprint density at radius 3 is 2.60 bits per heavy atom. The fourth-order valence-corrected chi connectivity index (χ4v) is 1.31. The summed E-state index contributed by atoms with van der Waals surface area (Å²) < 4.78 is 0. The predicted octanol–water partition coefficient (Wildman–Crippen LogP) is 3.03. The van der Waals surface area contributed by atoms with Crippen LogP contribution in [0.15, 0.2) is 47.6 Å². The highest BCUT2D eigenvalue weighted by atomic mass is 16.6. The van der Waals surface area contributed by atoms with Gasteiger partial charge in [-0.15, -0.1) is 0 Å². The Labute approximate surface area is 114 Å². The number of hydrogen-bond acceptors (Lipinski definition) is 6. The Morgan fingerprint density at radius 2 is 2.05 bits per heavy atom. The van der Waals surface area contributed by atoms with Crippen molar-refractivity contribution in [1.82, 2.24) is 0 Å². The van der Waals surface area contributed by atoms with Gasteiger partial charge in [0.1, 0.15) is 5.69 Å². The Kier molecular flexibility index (Phi) is 5.10. The summed E-state index contributed by atoms with van der Waals surface area (Å²) in [5.41, 5.74) is 2.57. The van der Waals surface area contributed by atoms with Crippen molar-refractivity contribution in [3.8, 4) is 0 Å². The van der Waals surface area contributed by atoms with Crippen LogP contribution in [0, 0.1) is 20.2 Å². The summed E-state index contributed by atoms with van der Waals surface area (Å²) in [5, 5.41) is 25.3. The first-order valence-electron chi connectivity index (χ1n) is 5.47. The van der Waals surface area contributed by atoms with Gasteiger partial charge in [-0.3, -0.25) is 25.7 Å². The molecular weight excluding hydrogens is 264 g/mol. The minimum atomic E-state index is -0.711. The van der Waals surface area contributed by atoms with Crippen molar-refractivity contribution in [3.63, 3.8) is 0 Å². The average Bonchev–Trinajstić information content (AvgIpc) is 2.38. The van der Waals surface area contributed by atoms with Crippen LogP contribution in [0.3, 0.4) is 0 Å². The van der Waals surface area contributed by atoms with E-state index in [2.05, 4.69) is 17.1 Å². The lowest BCUT2D eigenvalue weighted by atomic mass is 10.2. The van der Waals surface area contributed by atoms with E-state index < -0.39 is 15.5 Å². The van der Waals surface area contributed by atoms with E-state index in [4.69, 9.17) is 0 Å². The summed E-state index contributed by atoms with van der Waals surface area (Å²) in [7, 11) is 0. The summed E-state index contributed by atoms with van der Waals surface area (Å²) >= 11 is 0. The largest absolute Gasteiger partial charge is 0.301 e. The fourth-order valence-electron chi connectivity index (χ4n) is 1.31.